The summed E-state index contributed by atoms with van der Waals surface area (Å²) in [6, 6.07) is -0.864. The van der Waals surface area contributed by atoms with Crippen molar-refractivity contribution in [3.63, 3.8) is 0 Å². The molecular formula is C13H23NO5. The van der Waals surface area contributed by atoms with E-state index in [9.17, 15) is 9.59 Å². The molecular weight excluding hydrogens is 250 g/mol. The molecule has 1 N–H and O–H groups in total. The van der Waals surface area contributed by atoms with Gasteiger partial charge < -0.3 is 14.6 Å². The third kappa shape index (κ3) is 4.70. The highest BCUT2D eigenvalue weighted by Crippen LogP contribution is 2.23. The van der Waals surface area contributed by atoms with Gasteiger partial charge in [-0.3, -0.25) is 4.90 Å². The van der Waals surface area contributed by atoms with Gasteiger partial charge in [0.05, 0.1) is 12.6 Å². The summed E-state index contributed by atoms with van der Waals surface area (Å²) in [5, 5.41) is 9.17. The van der Waals surface area contributed by atoms with Crippen molar-refractivity contribution >= 4 is 12.1 Å². The van der Waals surface area contributed by atoms with Crippen LogP contribution in [0.5, 0.6) is 0 Å². The molecule has 0 aliphatic carbocycles. The van der Waals surface area contributed by atoms with E-state index >= 15 is 0 Å². The Labute approximate surface area is 113 Å². The number of carbonyl (C=O) groups is 2. The van der Waals surface area contributed by atoms with Gasteiger partial charge in [-0.2, -0.15) is 0 Å². The van der Waals surface area contributed by atoms with Crippen LogP contribution in [-0.4, -0.2) is 53.0 Å². The molecule has 1 rings (SSSR count). The summed E-state index contributed by atoms with van der Waals surface area (Å²) >= 11 is 0. The van der Waals surface area contributed by atoms with Crippen LogP contribution in [0.15, 0.2) is 0 Å². The standard InChI is InChI=1S/C13H23NO5/c1-5-6-18-9-7-10(11(15)16)14(8-9)12(17)19-13(2,3)4/h9-10H,5-8H2,1-4H3,(H,15,16)/t9-,10-/m0/s1. The van der Waals surface area contributed by atoms with Gasteiger partial charge >= 0.3 is 12.1 Å². The van der Waals surface area contributed by atoms with Crippen molar-refractivity contribution in [3.05, 3.63) is 0 Å². The average Bonchev–Trinajstić information content (AvgIpc) is 2.68. The van der Waals surface area contributed by atoms with E-state index in [0.29, 0.717) is 13.0 Å². The number of likely N-dealkylation sites (tertiary alicyclic amines) is 1. The van der Waals surface area contributed by atoms with E-state index in [-0.39, 0.29) is 12.6 Å². The summed E-state index contributed by atoms with van der Waals surface area (Å²) in [4.78, 5) is 24.4. The minimum absolute atomic E-state index is 0.228. The van der Waals surface area contributed by atoms with Crippen molar-refractivity contribution in [2.24, 2.45) is 0 Å². The molecule has 19 heavy (non-hydrogen) atoms. The van der Waals surface area contributed by atoms with Gasteiger partial charge in [-0.25, -0.2) is 9.59 Å². The van der Waals surface area contributed by atoms with Crippen LogP contribution >= 0.6 is 0 Å². The molecule has 1 fully saturated rings. The number of nitrogens with zero attached hydrogens (tertiary/aromatic N) is 1. The Hall–Kier alpha value is -1.30. The highest BCUT2D eigenvalue weighted by Gasteiger charge is 2.41. The van der Waals surface area contributed by atoms with Crippen molar-refractivity contribution in [3.8, 4) is 0 Å². The first-order chi connectivity index (χ1) is 8.74. The summed E-state index contributed by atoms with van der Waals surface area (Å²) < 4.78 is 10.8. The minimum Gasteiger partial charge on any atom is -0.480 e. The van der Waals surface area contributed by atoms with Gasteiger partial charge in [0.1, 0.15) is 11.6 Å². The first kappa shape index (κ1) is 15.8. The zero-order valence-corrected chi connectivity index (χ0v) is 12.0. The molecule has 0 saturated carbocycles. The number of ether oxygens (including phenoxy) is 2. The van der Waals surface area contributed by atoms with Gasteiger partial charge in [-0.15, -0.1) is 0 Å². The lowest BCUT2D eigenvalue weighted by molar-refractivity contribution is -0.142. The van der Waals surface area contributed by atoms with Crippen LogP contribution in [0.1, 0.15) is 40.5 Å². The molecule has 0 radical (unpaired) electrons. The van der Waals surface area contributed by atoms with Crippen molar-refractivity contribution in [1.29, 1.82) is 0 Å². The SMILES string of the molecule is CCCO[C@H]1C[C@@H](C(=O)O)N(C(=O)OC(C)(C)C)C1. The van der Waals surface area contributed by atoms with E-state index < -0.39 is 23.7 Å². The quantitative estimate of drug-likeness (QED) is 0.846. The zero-order valence-electron chi connectivity index (χ0n) is 12.0. The Bertz CT molecular complexity index is 336. The highest BCUT2D eigenvalue weighted by atomic mass is 16.6. The van der Waals surface area contributed by atoms with Crippen LogP contribution in [0.4, 0.5) is 4.79 Å². The van der Waals surface area contributed by atoms with E-state index in [1.54, 1.807) is 20.8 Å². The lowest BCUT2D eigenvalue weighted by atomic mass is 10.2. The topological polar surface area (TPSA) is 76.1 Å². The first-order valence-corrected chi connectivity index (χ1v) is 6.58. The Kier molecular flexibility index (Phi) is 5.17. The highest BCUT2D eigenvalue weighted by molar-refractivity contribution is 5.81. The smallest absolute Gasteiger partial charge is 0.411 e. The molecule has 0 bridgehead atoms. The summed E-state index contributed by atoms with van der Waals surface area (Å²) in [6.45, 7) is 8.08. The molecule has 0 aromatic rings. The molecule has 2 atom stereocenters. The summed E-state index contributed by atoms with van der Waals surface area (Å²) in [5.74, 6) is -1.02. The van der Waals surface area contributed by atoms with Crippen LogP contribution in [-0.2, 0) is 14.3 Å². The van der Waals surface area contributed by atoms with Crippen LogP contribution in [0.25, 0.3) is 0 Å². The van der Waals surface area contributed by atoms with E-state index in [0.717, 1.165) is 6.42 Å². The third-order valence-corrected chi connectivity index (χ3v) is 2.73. The second kappa shape index (κ2) is 6.23. The molecule has 6 heteroatoms. The van der Waals surface area contributed by atoms with Gasteiger partial charge in [0, 0.05) is 13.0 Å². The normalized spacial score (nSPS) is 23.5. The van der Waals surface area contributed by atoms with E-state index in [1.807, 2.05) is 6.92 Å². The number of carboxylic acids is 1. The second-order valence-electron chi connectivity index (χ2n) is 5.72. The molecule has 0 aromatic carbocycles. The van der Waals surface area contributed by atoms with E-state index in [1.165, 1.54) is 4.90 Å². The Morgan fingerprint density at radius 1 is 1.37 bits per heavy atom. The molecule has 0 unspecified atom stereocenters. The largest absolute Gasteiger partial charge is 0.480 e. The predicted molar refractivity (Wildman–Crippen MR) is 69.0 cm³/mol. The van der Waals surface area contributed by atoms with E-state index in [4.69, 9.17) is 14.6 Å². The monoisotopic (exact) mass is 273 g/mol. The first-order valence-electron chi connectivity index (χ1n) is 6.58. The van der Waals surface area contributed by atoms with Gasteiger partial charge in [-0.1, -0.05) is 6.92 Å². The maximum Gasteiger partial charge on any atom is 0.411 e. The van der Waals surface area contributed by atoms with Gasteiger partial charge in [0.15, 0.2) is 0 Å². The van der Waals surface area contributed by atoms with Crippen molar-refractivity contribution in [1.82, 2.24) is 4.90 Å². The number of hydrogen-bond acceptors (Lipinski definition) is 4. The average molecular weight is 273 g/mol. The number of rotatable bonds is 4. The molecule has 1 heterocycles. The maximum absolute atomic E-state index is 12.0. The third-order valence-electron chi connectivity index (χ3n) is 2.73. The minimum atomic E-state index is -1.02. The molecule has 0 spiro atoms. The van der Waals surface area contributed by atoms with Crippen LogP contribution in [0.2, 0.25) is 0 Å². The molecule has 110 valence electrons. The lowest BCUT2D eigenvalue weighted by Gasteiger charge is -2.26. The van der Waals surface area contributed by atoms with Gasteiger partial charge in [0.2, 0.25) is 0 Å². The zero-order chi connectivity index (χ0) is 14.6. The van der Waals surface area contributed by atoms with Gasteiger partial charge in [0.25, 0.3) is 0 Å². The summed E-state index contributed by atoms with van der Waals surface area (Å²) in [6.07, 6.45) is 0.353. The predicted octanol–water partition coefficient (Wildman–Crippen LogP) is 1.88. The number of carbonyl (C=O) groups excluding carboxylic acids is 1. The lowest BCUT2D eigenvalue weighted by Crippen LogP contribution is -2.43. The summed E-state index contributed by atoms with van der Waals surface area (Å²) in [7, 11) is 0. The van der Waals surface area contributed by atoms with Crippen LogP contribution < -0.4 is 0 Å². The fourth-order valence-electron chi connectivity index (χ4n) is 1.96. The molecule has 0 aromatic heterocycles. The number of aliphatic carboxylic acids is 1. The fourth-order valence-corrected chi connectivity index (χ4v) is 1.96. The van der Waals surface area contributed by atoms with E-state index in [2.05, 4.69) is 0 Å². The molecule has 1 saturated heterocycles. The van der Waals surface area contributed by atoms with Crippen molar-refractivity contribution < 1.29 is 24.2 Å². The molecule has 1 aliphatic rings. The Morgan fingerprint density at radius 2 is 2.00 bits per heavy atom. The van der Waals surface area contributed by atoms with Crippen molar-refractivity contribution in [2.45, 2.75) is 58.3 Å². The molecule has 6 nitrogen and oxygen atoms in total. The van der Waals surface area contributed by atoms with Crippen LogP contribution in [0, 0.1) is 0 Å². The fraction of sp³-hybridized carbons (Fsp3) is 0.846. The van der Waals surface area contributed by atoms with Crippen LogP contribution in [0.3, 0.4) is 0 Å². The maximum atomic E-state index is 12.0. The molecule has 1 amide bonds. The summed E-state index contributed by atoms with van der Waals surface area (Å²) in [5.41, 5.74) is -0.636. The van der Waals surface area contributed by atoms with Crippen molar-refractivity contribution in [2.75, 3.05) is 13.2 Å². The molecule has 1 aliphatic heterocycles. The number of hydrogen-bond donors (Lipinski definition) is 1. The Morgan fingerprint density at radius 3 is 2.47 bits per heavy atom. The van der Waals surface area contributed by atoms with Gasteiger partial charge in [-0.05, 0) is 27.2 Å². The number of amides is 1. The second-order valence-corrected chi connectivity index (χ2v) is 5.72. The number of carboxylic acid groups (broad SMARTS) is 1. The Balaban J connectivity index is 2.68.